The summed E-state index contributed by atoms with van der Waals surface area (Å²) >= 11 is 0. The monoisotopic (exact) mass is 289 g/mol. The lowest BCUT2D eigenvalue weighted by molar-refractivity contribution is 1.02. The fourth-order valence-electron chi connectivity index (χ4n) is 2.67. The highest BCUT2D eigenvalue weighted by Crippen LogP contribution is 2.24. The Morgan fingerprint density at radius 2 is 1.82 bits per heavy atom. The van der Waals surface area contributed by atoms with Crippen molar-refractivity contribution in [3.05, 3.63) is 59.9 Å². The Hall–Kier alpha value is -2.95. The van der Waals surface area contributed by atoms with Crippen molar-refractivity contribution >= 4 is 28.2 Å². The maximum Gasteiger partial charge on any atom is 0.204 e. The van der Waals surface area contributed by atoms with E-state index in [0.717, 1.165) is 28.2 Å². The van der Waals surface area contributed by atoms with E-state index in [1.165, 1.54) is 5.56 Å². The summed E-state index contributed by atoms with van der Waals surface area (Å²) < 4.78 is 2.03. The molecule has 0 aliphatic rings. The first-order chi connectivity index (χ1) is 10.7. The summed E-state index contributed by atoms with van der Waals surface area (Å²) in [7, 11) is 0. The zero-order valence-corrected chi connectivity index (χ0v) is 12.4. The number of nitrogens with zero attached hydrogens (tertiary/aromatic N) is 4. The average molecular weight is 289 g/mol. The van der Waals surface area contributed by atoms with E-state index >= 15 is 0 Å². The van der Waals surface area contributed by atoms with Crippen molar-refractivity contribution in [1.29, 1.82) is 0 Å². The molecule has 0 fully saturated rings. The zero-order chi connectivity index (χ0) is 15.1. The summed E-state index contributed by atoms with van der Waals surface area (Å²) in [5, 5.41) is 11.8. The Morgan fingerprint density at radius 3 is 2.68 bits per heavy atom. The van der Waals surface area contributed by atoms with Crippen molar-refractivity contribution in [2.45, 2.75) is 13.8 Å². The molecule has 4 aromatic rings. The fraction of sp³-hybridized carbons (Fsp3) is 0.118. The molecular weight excluding hydrogens is 274 g/mol. The van der Waals surface area contributed by atoms with Gasteiger partial charge in [-0.3, -0.25) is 4.40 Å². The summed E-state index contributed by atoms with van der Waals surface area (Å²) in [5.41, 5.74) is 4.84. The Morgan fingerprint density at radius 1 is 0.955 bits per heavy atom. The second-order valence-electron chi connectivity index (χ2n) is 5.35. The quantitative estimate of drug-likeness (QED) is 0.612. The van der Waals surface area contributed by atoms with Crippen LogP contribution in [0, 0.1) is 13.8 Å². The predicted octanol–water partition coefficient (Wildman–Crippen LogP) is 3.64. The molecule has 2 aromatic heterocycles. The van der Waals surface area contributed by atoms with Gasteiger partial charge in [0.15, 0.2) is 5.82 Å². The third kappa shape index (κ3) is 1.98. The topological polar surface area (TPSA) is 55.1 Å². The molecule has 0 amide bonds. The molecule has 2 aromatic carbocycles. The Bertz CT molecular complexity index is 987. The standard InChI is InChI=1S/C17H15N5/c1-11-6-5-7-13(10-11)18-16-17-21-20-12(2)22(17)15-9-4-3-8-14(15)19-16/h3-10H,1-2H3,(H,18,19). The van der Waals surface area contributed by atoms with Crippen molar-refractivity contribution in [1.82, 2.24) is 19.6 Å². The molecular formula is C17H15N5. The molecule has 1 N–H and O–H groups in total. The molecule has 0 saturated heterocycles. The van der Waals surface area contributed by atoms with Gasteiger partial charge in [-0.15, -0.1) is 10.2 Å². The van der Waals surface area contributed by atoms with Gasteiger partial charge in [0.05, 0.1) is 11.0 Å². The van der Waals surface area contributed by atoms with E-state index in [9.17, 15) is 0 Å². The van der Waals surface area contributed by atoms with Gasteiger partial charge in [0.1, 0.15) is 5.82 Å². The molecule has 0 aliphatic heterocycles. The first-order valence-corrected chi connectivity index (χ1v) is 7.16. The van der Waals surface area contributed by atoms with Gasteiger partial charge < -0.3 is 5.32 Å². The zero-order valence-electron chi connectivity index (χ0n) is 12.4. The van der Waals surface area contributed by atoms with Crippen LogP contribution in [0.2, 0.25) is 0 Å². The van der Waals surface area contributed by atoms with Gasteiger partial charge >= 0.3 is 0 Å². The predicted molar refractivity (Wildman–Crippen MR) is 87.5 cm³/mol. The van der Waals surface area contributed by atoms with Crippen LogP contribution in [0.4, 0.5) is 11.5 Å². The highest BCUT2D eigenvalue weighted by Gasteiger charge is 2.12. The van der Waals surface area contributed by atoms with Crippen LogP contribution in [-0.2, 0) is 0 Å². The number of aromatic nitrogens is 4. The van der Waals surface area contributed by atoms with Gasteiger partial charge in [-0.1, -0.05) is 24.3 Å². The lowest BCUT2D eigenvalue weighted by Gasteiger charge is -2.10. The van der Waals surface area contributed by atoms with E-state index in [2.05, 4.69) is 34.6 Å². The van der Waals surface area contributed by atoms with Crippen molar-refractivity contribution in [3.63, 3.8) is 0 Å². The SMILES string of the molecule is Cc1cccc(Nc2nc3ccccc3n3c(C)nnc23)c1. The smallest absolute Gasteiger partial charge is 0.204 e. The highest BCUT2D eigenvalue weighted by atomic mass is 15.3. The number of anilines is 2. The van der Waals surface area contributed by atoms with Gasteiger partial charge in [0.2, 0.25) is 5.65 Å². The van der Waals surface area contributed by atoms with E-state index in [-0.39, 0.29) is 0 Å². The van der Waals surface area contributed by atoms with Crippen LogP contribution in [0.15, 0.2) is 48.5 Å². The van der Waals surface area contributed by atoms with Gasteiger partial charge in [-0.2, -0.15) is 0 Å². The molecule has 0 unspecified atom stereocenters. The number of rotatable bonds is 2. The van der Waals surface area contributed by atoms with Gasteiger partial charge in [0.25, 0.3) is 0 Å². The summed E-state index contributed by atoms with van der Waals surface area (Å²) in [4.78, 5) is 4.71. The van der Waals surface area contributed by atoms with E-state index < -0.39 is 0 Å². The maximum atomic E-state index is 4.71. The minimum Gasteiger partial charge on any atom is -0.337 e. The molecule has 0 bridgehead atoms. The Kier molecular flexibility index (Phi) is 2.79. The number of para-hydroxylation sites is 2. The van der Waals surface area contributed by atoms with E-state index in [1.807, 2.05) is 47.7 Å². The molecule has 0 spiro atoms. The highest BCUT2D eigenvalue weighted by molar-refractivity contribution is 5.84. The average Bonchev–Trinajstić information content (AvgIpc) is 2.90. The number of aryl methyl sites for hydroxylation is 2. The molecule has 0 atom stereocenters. The number of hydrogen-bond donors (Lipinski definition) is 1. The van der Waals surface area contributed by atoms with E-state index in [4.69, 9.17) is 4.98 Å². The van der Waals surface area contributed by atoms with Crippen molar-refractivity contribution in [3.8, 4) is 0 Å². The molecule has 0 aliphatic carbocycles. The van der Waals surface area contributed by atoms with Crippen molar-refractivity contribution in [2.24, 2.45) is 0 Å². The minimum atomic E-state index is 0.713. The number of fused-ring (bicyclic) bond motifs is 3. The van der Waals surface area contributed by atoms with Crippen LogP contribution >= 0.6 is 0 Å². The number of nitrogens with one attached hydrogen (secondary N) is 1. The second-order valence-corrected chi connectivity index (χ2v) is 5.35. The fourth-order valence-corrected chi connectivity index (χ4v) is 2.67. The lowest BCUT2D eigenvalue weighted by Crippen LogP contribution is -2.01. The maximum absolute atomic E-state index is 4.71. The normalized spacial score (nSPS) is 11.2. The Labute approximate surface area is 127 Å². The van der Waals surface area contributed by atoms with Crippen LogP contribution in [0.1, 0.15) is 11.4 Å². The molecule has 22 heavy (non-hydrogen) atoms. The van der Waals surface area contributed by atoms with Crippen LogP contribution in [0.5, 0.6) is 0 Å². The first-order valence-electron chi connectivity index (χ1n) is 7.16. The van der Waals surface area contributed by atoms with Gasteiger partial charge in [-0.05, 0) is 43.7 Å². The summed E-state index contributed by atoms with van der Waals surface area (Å²) in [6.07, 6.45) is 0. The third-order valence-electron chi connectivity index (χ3n) is 3.67. The second kappa shape index (κ2) is 4.80. The minimum absolute atomic E-state index is 0.713. The summed E-state index contributed by atoms with van der Waals surface area (Å²) in [6, 6.07) is 16.2. The summed E-state index contributed by atoms with van der Waals surface area (Å²) in [5.74, 6) is 1.56. The van der Waals surface area contributed by atoms with Gasteiger partial charge in [0, 0.05) is 5.69 Å². The largest absolute Gasteiger partial charge is 0.337 e. The third-order valence-corrected chi connectivity index (χ3v) is 3.67. The molecule has 0 saturated carbocycles. The Balaban J connectivity index is 1.96. The van der Waals surface area contributed by atoms with Crippen LogP contribution in [0.3, 0.4) is 0 Å². The van der Waals surface area contributed by atoms with Crippen molar-refractivity contribution in [2.75, 3.05) is 5.32 Å². The first kappa shape index (κ1) is 12.8. The van der Waals surface area contributed by atoms with Crippen LogP contribution in [-0.4, -0.2) is 19.6 Å². The van der Waals surface area contributed by atoms with Crippen molar-refractivity contribution < 1.29 is 0 Å². The molecule has 2 heterocycles. The van der Waals surface area contributed by atoms with Gasteiger partial charge in [-0.25, -0.2) is 4.98 Å². The molecule has 5 heteroatoms. The number of benzene rings is 2. The van der Waals surface area contributed by atoms with Crippen LogP contribution < -0.4 is 5.32 Å². The molecule has 4 rings (SSSR count). The molecule has 108 valence electrons. The molecule has 0 radical (unpaired) electrons. The molecule has 5 nitrogen and oxygen atoms in total. The van der Waals surface area contributed by atoms with E-state index in [1.54, 1.807) is 0 Å². The van der Waals surface area contributed by atoms with Crippen LogP contribution in [0.25, 0.3) is 16.7 Å². The summed E-state index contributed by atoms with van der Waals surface area (Å²) in [6.45, 7) is 4.01. The van der Waals surface area contributed by atoms with E-state index in [0.29, 0.717) is 5.82 Å². The lowest BCUT2D eigenvalue weighted by atomic mass is 10.2. The number of hydrogen-bond acceptors (Lipinski definition) is 4.